The second-order valence-electron chi connectivity index (χ2n) is 36.5. The monoisotopic (exact) mass is 1870 g/mol. The lowest BCUT2D eigenvalue weighted by Gasteiger charge is -2.37. The summed E-state index contributed by atoms with van der Waals surface area (Å²) in [6.45, 7) is 26.4. The standard InChI is InChI=1S/4C23H29FN8O2/c4*1-12-5-6-15(10-30(12)16-9-26-31(11-16)13(2)14(3)33)21-28-22-17-7-18(24)20(34-4)8-19(17)27-23(25)32(22)29-21/h4*7-9,11-15,33H,5-6,10H2,1-4H3,(H2,25,27)/t2*12-,13+,14-,15+;2*12-,13-,14+,15+/m1010/s1. The average Bonchev–Trinajstić information content (AvgIpc) is 1.72. The van der Waals surface area contributed by atoms with Crippen LogP contribution in [0.1, 0.15) is 206 Å². The Labute approximate surface area is 779 Å². The second kappa shape index (κ2) is 38.1. The molecule has 0 bridgehead atoms. The lowest BCUT2D eigenvalue weighted by molar-refractivity contribution is 0.132. The summed E-state index contributed by atoms with van der Waals surface area (Å²) in [7, 11) is 5.63. The predicted octanol–water partition coefficient (Wildman–Crippen LogP) is 11.7. The van der Waals surface area contributed by atoms with Crippen LogP contribution in [-0.2, 0) is 0 Å². The highest BCUT2D eigenvalue weighted by Gasteiger charge is 2.38. The Bertz CT molecular complexity index is 6220. The lowest BCUT2D eigenvalue weighted by atomic mass is 9.92. The van der Waals surface area contributed by atoms with Crippen molar-refractivity contribution in [2.24, 2.45) is 0 Å². The van der Waals surface area contributed by atoms with E-state index in [1.165, 1.54) is 95.0 Å². The zero-order valence-electron chi connectivity index (χ0n) is 78.7. The fraction of sp³-hybridized carbons (Fsp3) is 0.478. The summed E-state index contributed by atoms with van der Waals surface area (Å²) in [5.74, 6) is 2.03. The van der Waals surface area contributed by atoms with Crippen molar-refractivity contribution < 1.29 is 56.9 Å². The molecule has 0 amide bonds. The molecule has 0 unspecified atom stereocenters. The first-order chi connectivity index (χ1) is 65.0. The maximum Gasteiger partial charge on any atom is 0.223 e. The minimum absolute atomic E-state index is 0.0613. The molecule has 16 atom stereocenters. The molecule has 0 spiro atoms. The number of piperidine rings is 4. The molecule has 20 rings (SSSR count). The van der Waals surface area contributed by atoms with Crippen LogP contribution in [0.25, 0.3) is 66.2 Å². The van der Waals surface area contributed by atoms with Gasteiger partial charge in [-0.25, -0.2) is 57.4 Å². The zero-order chi connectivity index (χ0) is 96.6. The molecule has 16 aromatic rings. The summed E-state index contributed by atoms with van der Waals surface area (Å²) in [6, 6.07) is 12.3. The molecule has 720 valence electrons. The number of hydrogen-bond donors (Lipinski definition) is 8. The van der Waals surface area contributed by atoms with Crippen molar-refractivity contribution in [1.29, 1.82) is 0 Å². The maximum absolute atomic E-state index is 14.4. The van der Waals surface area contributed by atoms with Gasteiger partial charge in [-0.05, 0) is 159 Å². The van der Waals surface area contributed by atoms with Gasteiger partial charge < -0.3 is 81.9 Å². The van der Waals surface area contributed by atoms with Gasteiger partial charge in [0.25, 0.3) is 0 Å². The third-order valence-electron chi connectivity index (χ3n) is 27.5. The van der Waals surface area contributed by atoms with Crippen molar-refractivity contribution in [1.82, 2.24) is 117 Å². The number of nitrogens with two attached hydrogens (primary N) is 4. The van der Waals surface area contributed by atoms with Crippen LogP contribution in [0.3, 0.4) is 0 Å². The summed E-state index contributed by atoms with van der Waals surface area (Å²) < 4.78 is 91.1. The van der Waals surface area contributed by atoms with Gasteiger partial charge in [0.1, 0.15) is 0 Å². The van der Waals surface area contributed by atoms with Crippen LogP contribution < -0.4 is 61.5 Å². The highest BCUT2D eigenvalue weighted by atomic mass is 19.1. The number of aliphatic hydroxyl groups is 4. The fourth-order valence-electron chi connectivity index (χ4n) is 18.3. The van der Waals surface area contributed by atoms with E-state index in [4.69, 9.17) is 61.8 Å². The van der Waals surface area contributed by atoms with Gasteiger partial charge in [-0.2, -0.15) is 38.5 Å². The molecule has 0 aliphatic carbocycles. The zero-order valence-corrected chi connectivity index (χ0v) is 78.7. The van der Waals surface area contributed by atoms with Gasteiger partial charge in [-0.15, -0.1) is 20.4 Å². The van der Waals surface area contributed by atoms with Gasteiger partial charge in [-0.3, -0.25) is 18.7 Å². The van der Waals surface area contributed by atoms with Gasteiger partial charge in [0.05, 0.1) is 147 Å². The van der Waals surface area contributed by atoms with Crippen LogP contribution in [-0.4, -0.2) is 241 Å². The highest BCUT2D eigenvalue weighted by Crippen LogP contribution is 2.42. The third kappa shape index (κ3) is 18.2. The van der Waals surface area contributed by atoms with Crippen molar-refractivity contribution >= 4 is 113 Å². The number of rotatable bonds is 20. The molecule has 4 aromatic carbocycles. The van der Waals surface area contributed by atoms with Crippen LogP contribution in [0.2, 0.25) is 0 Å². The number of aromatic nitrogens is 24. The Kier molecular flexibility index (Phi) is 26.3. The number of methoxy groups -OCH3 is 4. The second-order valence-corrected chi connectivity index (χ2v) is 36.5. The van der Waals surface area contributed by atoms with Crippen LogP contribution in [0, 0.1) is 23.3 Å². The molecule has 12 N–H and O–H groups in total. The predicted molar refractivity (Wildman–Crippen MR) is 506 cm³/mol. The minimum atomic E-state index is -0.500. The number of ether oxygens (including phenoxy) is 4. The molecular weight excluding hydrogens is 1760 g/mol. The van der Waals surface area contributed by atoms with E-state index in [0.29, 0.717) is 140 Å². The summed E-state index contributed by atoms with van der Waals surface area (Å²) >= 11 is 0. The summed E-state index contributed by atoms with van der Waals surface area (Å²) in [5.41, 5.74) is 32.5. The first-order valence-corrected chi connectivity index (χ1v) is 45.8. The Morgan fingerprint density at radius 1 is 0.309 bits per heavy atom. The maximum atomic E-state index is 14.4. The van der Waals surface area contributed by atoms with Gasteiger partial charge in [-0.1, -0.05) is 0 Å². The number of aliphatic hydroxyl groups excluding tert-OH is 4. The van der Waals surface area contributed by atoms with Crippen molar-refractivity contribution in [2.75, 3.05) is 97.2 Å². The van der Waals surface area contributed by atoms with E-state index in [9.17, 15) is 38.0 Å². The van der Waals surface area contributed by atoms with Crippen molar-refractivity contribution in [3.63, 3.8) is 0 Å². The van der Waals surface area contributed by atoms with Gasteiger partial charge >= 0.3 is 0 Å². The van der Waals surface area contributed by atoms with E-state index in [-0.39, 0.29) is 94.6 Å². The van der Waals surface area contributed by atoms with Crippen LogP contribution in [0.5, 0.6) is 23.0 Å². The molecule has 0 radical (unpaired) electrons. The summed E-state index contributed by atoms with van der Waals surface area (Å²) in [4.78, 5) is 45.8. The van der Waals surface area contributed by atoms with E-state index in [1.54, 1.807) is 46.4 Å². The Morgan fingerprint density at radius 2 is 0.507 bits per heavy atom. The minimum Gasteiger partial charge on any atom is -0.494 e. The van der Waals surface area contributed by atoms with Crippen molar-refractivity contribution in [2.45, 2.75) is 231 Å². The van der Waals surface area contributed by atoms with Crippen LogP contribution >= 0.6 is 0 Å². The van der Waals surface area contributed by atoms with Crippen LogP contribution in [0.15, 0.2) is 98.1 Å². The Hall–Kier alpha value is -13.9. The fourth-order valence-corrected chi connectivity index (χ4v) is 18.3. The molecule has 4 aliphatic rings. The van der Waals surface area contributed by atoms with Gasteiger partial charge in [0.2, 0.25) is 23.8 Å². The van der Waals surface area contributed by atoms with Gasteiger partial charge in [0.15, 0.2) is 92.2 Å². The number of benzene rings is 4. The smallest absolute Gasteiger partial charge is 0.223 e. The molecule has 12 aromatic heterocycles. The Balaban J connectivity index is 0.000000126. The molecule has 40 nitrogen and oxygen atoms in total. The normalized spacial score (nSPS) is 20.7. The van der Waals surface area contributed by atoms with E-state index in [2.05, 4.69) is 108 Å². The SMILES string of the molecule is COc1cc2nc(N)n3nc([C@@H]4CC[C@H](C)N(c5cnn([C@@H](C)[C@@H](C)O)c5)C4)nc3c2cc1F.COc1cc2nc(N)n3nc([C@@H]4CC[C@H](C)N(c5cnn([C@H](C)[C@H](C)O)c5)C4)nc3c2cc1F.COc1cc2nc(N)n3nc([C@H]4CC[C@@H](C)N(c5cnn([C@@H](C)[C@@H](C)O)c5)C4)nc3c2cc1F.COc1cc2nc(N)n3nc([C@H]4CC[C@@H](C)N(c5cnn([C@H](C)[C@H](C)O)c5)C4)nc3c2cc1F. The largest absolute Gasteiger partial charge is 0.494 e. The molecular formula is C92H116F4N32O8. The van der Waals surface area contributed by atoms with E-state index >= 15 is 0 Å². The number of nitrogens with zero attached hydrogens (tertiary/aromatic N) is 28. The first-order valence-electron chi connectivity index (χ1n) is 45.8. The molecule has 4 saturated heterocycles. The lowest BCUT2D eigenvalue weighted by Crippen LogP contribution is -2.41. The van der Waals surface area contributed by atoms with Crippen molar-refractivity contribution in [3.05, 3.63) is 145 Å². The topological polar surface area (TPSA) is 478 Å². The average molecular weight is 1870 g/mol. The van der Waals surface area contributed by atoms with E-state index in [0.717, 1.165) is 74.1 Å². The molecule has 16 heterocycles. The summed E-state index contributed by atoms with van der Waals surface area (Å²) in [5, 5.41) is 78.2. The molecule has 0 saturated carbocycles. The number of halogens is 4. The summed E-state index contributed by atoms with van der Waals surface area (Å²) in [6.07, 6.45) is 20.7. The molecule has 4 aliphatic heterocycles. The third-order valence-corrected chi connectivity index (χ3v) is 27.5. The number of hydrogen-bond acceptors (Lipinski definition) is 32. The molecule has 136 heavy (non-hydrogen) atoms. The molecule has 44 heteroatoms. The van der Waals surface area contributed by atoms with Crippen molar-refractivity contribution in [3.8, 4) is 23.0 Å². The quantitative estimate of drug-likeness (QED) is 0.0329. The van der Waals surface area contributed by atoms with Gasteiger partial charge in [0, 0.05) is 145 Å². The number of anilines is 8. The Morgan fingerprint density at radius 3 is 0.691 bits per heavy atom. The van der Waals surface area contributed by atoms with Crippen LogP contribution in [0.4, 0.5) is 64.1 Å². The first kappa shape index (κ1) is 93.9. The highest BCUT2D eigenvalue weighted by molar-refractivity contribution is 5.96. The number of nitrogen functional groups attached to an aromatic ring is 4. The van der Waals surface area contributed by atoms with E-state index in [1.807, 2.05) is 77.3 Å². The number of fused-ring (bicyclic) bond motifs is 12. The van der Waals surface area contributed by atoms with E-state index < -0.39 is 47.7 Å². The molecule has 4 fully saturated rings.